The zero-order valence-electron chi connectivity index (χ0n) is 24.0. The zero-order chi connectivity index (χ0) is 30.9. The highest BCUT2D eigenvalue weighted by atomic mass is 35.5. The predicted molar refractivity (Wildman–Crippen MR) is 163 cm³/mol. The number of aromatic amines is 1. The summed E-state index contributed by atoms with van der Waals surface area (Å²) in [6, 6.07) is 22.8. The molecular formula is C31H30ClN7O5. The minimum Gasteiger partial charge on any atom is -0.422 e. The summed E-state index contributed by atoms with van der Waals surface area (Å²) in [6.07, 6.45) is 3.59. The molecule has 0 unspecified atom stereocenters. The molecule has 44 heavy (non-hydrogen) atoms. The van der Waals surface area contributed by atoms with E-state index in [1.54, 1.807) is 24.3 Å². The van der Waals surface area contributed by atoms with Crippen LogP contribution in [0, 0.1) is 10.1 Å². The average molecular weight is 616 g/mol. The fourth-order valence-electron chi connectivity index (χ4n) is 4.83. The Morgan fingerprint density at radius 2 is 1.70 bits per heavy atom. The smallest absolute Gasteiger partial charge is 0.363 e. The second-order valence-corrected chi connectivity index (χ2v) is 10.4. The molecule has 1 N–H and O–H groups in total. The Hall–Kier alpha value is -5.10. The number of nitrogens with one attached hydrogen (secondary N) is 1. The average Bonchev–Trinajstić information content (AvgIpc) is 3.67. The Labute approximate surface area is 258 Å². The number of ether oxygens (including phenoxy) is 1. The summed E-state index contributed by atoms with van der Waals surface area (Å²) in [5.41, 5.74) is 4.89. The molecule has 2 aromatic heterocycles. The number of rotatable bonds is 14. The number of imidazole rings is 1. The maximum absolute atomic E-state index is 13.4. The fraction of sp³-hybridized carbons (Fsp3) is 0.258. The van der Waals surface area contributed by atoms with E-state index < -0.39 is 11.1 Å². The molecule has 3 aromatic carbocycles. The predicted octanol–water partition coefficient (Wildman–Crippen LogP) is 6.13. The first-order valence-electron chi connectivity index (χ1n) is 14.2. The lowest BCUT2D eigenvalue weighted by Crippen LogP contribution is -2.17. The van der Waals surface area contributed by atoms with Crippen molar-refractivity contribution in [1.29, 1.82) is 0 Å². The third-order valence-corrected chi connectivity index (χ3v) is 7.27. The number of esters is 1. The summed E-state index contributed by atoms with van der Waals surface area (Å²) in [5.74, 6) is 0.966. The van der Waals surface area contributed by atoms with Gasteiger partial charge in [0.15, 0.2) is 10.8 Å². The fourth-order valence-corrected chi connectivity index (χ4v) is 5.11. The highest BCUT2D eigenvalue weighted by Crippen LogP contribution is 2.30. The van der Waals surface area contributed by atoms with Gasteiger partial charge in [-0.05, 0) is 58.9 Å². The normalized spacial score (nSPS) is 11.0. The van der Waals surface area contributed by atoms with Crippen molar-refractivity contribution in [2.45, 2.75) is 45.6 Å². The first kappa shape index (κ1) is 30.4. The standard InChI is InChI=1S/C31H30ClN7O5/c1-2-3-10-27-33-29(32)28(31(40)44-24-17-13-21(14-18-24)7-6-19-43-39(41)42)38(27)20-22-11-15-23(16-12-22)25-8-4-5-9-26(25)30-34-36-37-35-30/h4-5,8-9,11-18H,2-3,6-7,10,19-20H2,1H3,(H,34,35,36,37). The Bertz CT molecular complexity index is 1700. The van der Waals surface area contributed by atoms with E-state index in [2.05, 4.69) is 37.4 Å². The van der Waals surface area contributed by atoms with Gasteiger partial charge in [-0.2, -0.15) is 5.21 Å². The number of carbonyl (C=O) groups is 1. The van der Waals surface area contributed by atoms with Gasteiger partial charge in [0, 0.05) is 18.5 Å². The van der Waals surface area contributed by atoms with E-state index in [9.17, 15) is 14.9 Å². The molecule has 0 aliphatic carbocycles. The molecular weight excluding hydrogens is 586 g/mol. The topological polar surface area (TPSA) is 151 Å². The SMILES string of the molecule is CCCCc1nc(Cl)c(C(=O)Oc2ccc(CCCO[N+](=O)[O-])cc2)n1Cc1ccc(-c2ccccc2-c2nn[nH]n2)cc1. The van der Waals surface area contributed by atoms with Crippen LogP contribution in [0.1, 0.15) is 53.6 Å². The number of unbranched alkanes of at least 4 members (excludes halogenated alkanes) is 1. The van der Waals surface area contributed by atoms with Gasteiger partial charge in [0.1, 0.15) is 11.6 Å². The van der Waals surface area contributed by atoms with Crippen molar-refractivity contribution in [1.82, 2.24) is 30.2 Å². The summed E-state index contributed by atoms with van der Waals surface area (Å²) in [5, 5.41) is 24.0. The Balaban J connectivity index is 1.34. The number of hydrogen-bond donors (Lipinski definition) is 1. The third-order valence-electron chi connectivity index (χ3n) is 7.01. The first-order valence-corrected chi connectivity index (χ1v) is 14.6. The van der Waals surface area contributed by atoms with Crippen LogP contribution in [0.2, 0.25) is 5.15 Å². The van der Waals surface area contributed by atoms with Crippen molar-refractivity contribution in [2.75, 3.05) is 6.61 Å². The molecule has 0 bridgehead atoms. The van der Waals surface area contributed by atoms with Crippen molar-refractivity contribution < 1.29 is 19.5 Å². The van der Waals surface area contributed by atoms with Gasteiger partial charge in [-0.25, -0.2) is 9.78 Å². The minimum absolute atomic E-state index is 0.0167. The van der Waals surface area contributed by atoms with Crippen LogP contribution in [0.25, 0.3) is 22.5 Å². The number of halogens is 1. The molecule has 2 heterocycles. The molecule has 0 aliphatic heterocycles. The van der Waals surface area contributed by atoms with Crippen molar-refractivity contribution in [3.05, 3.63) is 111 Å². The molecule has 0 amide bonds. The van der Waals surface area contributed by atoms with E-state index >= 15 is 0 Å². The molecule has 0 atom stereocenters. The van der Waals surface area contributed by atoms with Crippen molar-refractivity contribution >= 4 is 17.6 Å². The van der Waals surface area contributed by atoms with Gasteiger partial charge in [-0.1, -0.05) is 85.6 Å². The molecule has 0 saturated carbocycles. The maximum Gasteiger partial charge on any atom is 0.363 e. The number of carbonyl (C=O) groups excluding carboxylic acids is 1. The maximum atomic E-state index is 13.4. The number of H-pyrrole nitrogens is 1. The number of tetrazole rings is 1. The number of hydrogen-bond acceptors (Lipinski definition) is 9. The highest BCUT2D eigenvalue weighted by molar-refractivity contribution is 6.32. The van der Waals surface area contributed by atoms with Crippen LogP contribution < -0.4 is 4.74 Å². The second kappa shape index (κ2) is 14.4. The van der Waals surface area contributed by atoms with Crippen LogP contribution in [0.3, 0.4) is 0 Å². The summed E-state index contributed by atoms with van der Waals surface area (Å²) in [7, 11) is 0. The lowest BCUT2D eigenvalue weighted by Gasteiger charge is -2.13. The summed E-state index contributed by atoms with van der Waals surface area (Å²) < 4.78 is 7.52. The van der Waals surface area contributed by atoms with Gasteiger partial charge in [0.25, 0.3) is 5.09 Å². The van der Waals surface area contributed by atoms with Crippen LogP contribution in [0.4, 0.5) is 0 Å². The van der Waals surface area contributed by atoms with Crippen molar-refractivity contribution in [3.63, 3.8) is 0 Å². The van der Waals surface area contributed by atoms with Crippen molar-refractivity contribution in [2.24, 2.45) is 0 Å². The van der Waals surface area contributed by atoms with Gasteiger partial charge in [-0.15, -0.1) is 20.3 Å². The number of benzene rings is 3. The van der Waals surface area contributed by atoms with Gasteiger partial charge in [0.2, 0.25) is 5.82 Å². The summed E-state index contributed by atoms with van der Waals surface area (Å²) in [4.78, 5) is 32.6. The number of aromatic nitrogens is 6. The monoisotopic (exact) mass is 615 g/mol. The van der Waals surface area contributed by atoms with Crippen LogP contribution in [0.5, 0.6) is 5.75 Å². The molecule has 0 aliphatic rings. The van der Waals surface area contributed by atoms with E-state index in [0.29, 0.717) is 43.2 Å². The molecule has 226 valence electrons. The molecule has 0 fully saturated rings. The minimum atomic E-state index is -0.805. The second-order valence-electron chi connectivity index (χ2n) is 10.0. The van der Waals surface area contributed by atoms with E-state index in [4.69, 9.17) is 16.3 Å². The molecule has 12 nitrogen and oxygen atoms in total. The summed E-state index contributed by atoms with van der Waals surface area (Å²) in [6.45, 7) is 2.48. The Morgan fingerprint density at radius 1 is 0.977 bits per heavy atom. The third kappa shape index (κ3) is 7.45. The molecule has 5 aromatic rings. The number of nitrogens with zero attached hydrogens (tertiary/aromatic N) is 6. The van der Waals surface area contributed by atoms with Gasteiger partial charge >= 0.3 is 5.97 Å². The van der Waals surface area contributed by atoms with Crippen molar-refractivity contribution in [3.8, 4) is 28.3 Å². The zero-order valence-corrected chi connectivity index (χ0v) is 24.7. The lowest BCUT2D eigenvalue weighted by molar-refractivity contribution is -0.757. The van der Waals surface area contributed by atoms with E-state index in [-0.39, 0.29) is 17.5 Å². The van der Waals surface area contributed by atoms with Gasteiger partial charge in [0.05, 0.1) is 6.61 Å². The van der Waals surface area contributed by atoms with E-state index in [1.165, 1.54) is 0 Å². The highest BCUT2D eigenvalue weighted by Gasteiger charge is 2.24. The lowest BCUT2D eigenvalue weighted by atomic mass is 9.98. The molecule has 0 radical (unpaired) electrons. The van der Waals surface area contributed by atoms with Crippen LogP contribution in [-0.2, 0) is 24.2 Å². The first-order chi connectivity index (χ1) is 21.4. The Kier molecular flexibility index (Phi) is 9.92. The summed E-state index contributed by atoms with van der Waals surface area (Å²) >= 11 is 6.53. The molecule has 13 heteroatoms. The largest absolute Gasteiger partial charge is 0.422 e. The van der Waals surface area contributed by atoms with Gasteiger partial charge in [-0.3, -0.25) is 0 Å². The molecule has 5 rings (SSSR count). The quantitative estimate of drug-likeness (QED) is 0.0511. The molecule has 0 spiro atoms. The van der Waals surface area contributed by atoms with E-state index in [1.807, 2.05) is 53.1 Å². The molecule has 0 saturated heterocycles. The van der Waals surface area contributed by atoms with Gasteiger partial charge < -0.3 is 14.1 Å². The number of aryl methyl sites for hydroxylation is 2. The Morgan fingerprint density at radius 3 is 2.39 bits per heavy atom. The van der Waals surface area contributed by atoms with Crippen LogP contribution in [0.15, 0.2) is 72.8 Å². The van der Waals surface area contributed by atoms with Crippen LogP contribution >= 0.6 is 11.6 Å². The van der Waals surface area contributed by atoms with Crippen LogP contribution in [-0.4, -0.2) is 47.8 Å². The van der Waals surface area contributed by atoms with E-state index in [0.717, 1.165) is 40.7 Å².